The minimum Gasteiger partial charge on any atom is -0.497 e. The number of methoxy groups -OCH3 is 2. The SMILES string of the molecule is COc1ccc(C(OC[C@H]2O[C@@H](n3ccc(=O)[nH]c3=O)[C@H](F)[C@@H]2NS(=O)(=O)NC[C@H]2O[C@@H](n3cc(C)c(=O)[nH]c3=O)C[C@@H]2OP(OCCC#N)N(C(C)C)C(C)C)(c2ccccc2)c2ccc(OC)cc2)cc1. The van der Waals surface area contributed by atoms with Gasteiger partial charge in [-0.3, -0.25) is 28.7 Å². The number of hydrogen-bond acceptors (Lipinski definition) is 15. The highest BCUT2D eigenvalue weighted by molar-refractivity contribution is 7.87. The number of alkyl halides is 1. The van der Waals surface area contributed by atoms with Crippen molar-refractivity contribution in [3.63, 3.8) is 0 Å². The van der Waals surface area contributed by atoms with Crippen LogP contribution in [0.3, 0.4) is 0 Å². The first-order chi connectivity index (χ1) is 34.9. The van der Waals surface area contributed by atoms with E-state index in [0.717, 1.165) is 16.8 Å². The van der Waals surface area contributed by atoms with E-state index in [-0.39, 0.29) is 37.1 Å². The molecule has 0 bridgehead atoms. The standard InChI is InChI=1S/C49H60FN8O13PS/c1-30(2)58(31(3)4)72(68-25-11-23-51)71-38-26-42(57-28-32(5)45(60)54-48(57)62)69-39(38)27-52-73(63,64)55-44-40(70-46(43(44)50)56-24-22-41(59)53-47(56)61)29-67-49(33-12-9-8-10-13-33,34-14-18-36(65-6)19-15-34)35-16-20-37(66-7)21-17-35/h8-10,12-22,24,28,30-31,38-40,42-44,46,52,55H,11,25-27,29H2,1-7H3,(H,53,59,61)(H,54,60,62)/t38-,39+,40+,42+,43+,44+,46+,72?/m0/s1. The number of H-pyrrole nitrogens is 2. The third-order valence-electron chi connectivity index (χ3n) is 12.4. The Morgan fingerprint density at radius 2 is 1.47 bits per heavy atom. The Labute approximate surface area is 422 Å². The van der Waals surface area contributed by atoms with Crippen molar-refractivity contribution in [2.45, 2.75) is 108 Å². The molecule has 0 saturated carbocycles. The monoisotopic (exact) mass is 1050 g/mol. The van der Waals surface area contributed by atoms with Crippen molar-refractivity contribution >= 4 is 18.7 Å². The molecule has 1 unspecified atom stereocenters. The van der Waals surface area contributed by atoms with Crippen LogP contribution in [0.25, 0.3) is 0 Å². The molecule has 4 heterocycles. The predicted octanol–water partition coefficient (Wildman–Crippen LogP) is 4.40. The van der Waals surface area contributed by atoms with Gasteiger partial charge in [-0.2, -0.15) is 23.1 Å². The lowest BCUT2D eigenvalue weighted by Crippen LogP contribution is -2.53. The van der Waals surface area contributed by atoms with Crippen LogP contribution in [0.1, 0.15) is 75.2 Å². The molecule has 2 saturated heterocycles. The second-order valence-corrected chi connectivity index (χ2v) is 20.8. The van der Waals surface area contributed by atoms with Gasteiger partial charge in [0.1, 0.15) is 35.5 Å². The summed E-state index contributed by atoms with van der Waals surface area (Å²) < 4.78 is 98.2. The van der Waals surface area contributed by atoms with E-state index in [1.807, 2.05) is 87.0 Å². The number of nitriles is 1. The van der Waals surface area contributed by atoms with Crippen LogP contribution in [0.15, 0.2) is 117 Å². The Morgan fingerprint density at radius 1 is 0.863 bits per heavy atom. The van der Waals surface area contributed by atoms with Crippen molar-refractivity contribution in [3.8, 4) is 17.6 Å². The highest BCUT2D eigenvalue weighted by Crippen LogP contribution is 2.50. The maximum atomic E-state index is 17.2. The fourth-order valence-electron chi connectivity index (χ4n) is 8.92. The lowest BCUT2D eigenvalue weighted by molar-refractivity contribution is -0.0844. The summed E-state index contributed by atoms with van der Waals surface area (Å²) in [5, 5.41) is 9.31. The quantitative estimate of drug-likeness (QED) is 0.0402. The largest absolute Gasteiger partial charge is 0.497 e. The van der Waals surface area contributed by atoms with E-state index >= 15 is 4.39 Å². The van der Waals surface area contributed by atoms with Gasteiger partial charge in [0.05, 0.1) is 52.1 Å². The van der Waals surface area contributed by atoms with Crippen LogP contribution in [0.5, 0.6) is 11.5 Å². The van der Waals surface area contributed by atoms with Gasteiger partial charge in [0.2, 0.25) is 0 Å². The molecule has 0 radical (unpaired) electrons. The molecule has 2 aliphatic heterocycles. The number of hydrogen-bond donors (Lipinski definition) is 4. The fraction of sp³-hybridized carbons (Fsp3) is 0.449. The summed E-state index contributed by atoms with van der Waals surface area (Å²) in [4.78, 5) is 55.1. The van der Waals surface area contributed by atoms with E-state index in [4.69, 9.17) is 32.7 Å². The van der Waals surface area contributed by atoms with E-state index in [2.05, 4.69) is 25.5 Å². The Bertz CT molecular complexity index is 2990. The topological polar surface area (TPSA) is 260 Å². The summed E-state index contributed by atoms with van der Waals surface area (Å²) in [6, 6.07) is 24.6. The molecule has 5 aromatic rings. The number of halogens is 1. The molecule has 21 nitrogen and oxygen atoms in total. The van der Waals surface area contributed by atoms with Crippen molar-refractivity contribution in [2.75, 3.05) is 34.0 Å². The van der Waals surface area contributed by atoms with Crippen LogP contribution >= 0.6 is 8.53 Å². The lowest BCUT2D eigenvalue weighted by atomic mass is 9.80. The van der Waals surface area contributed by atoms with E-state index in [1.54, 1.807) is 24.3 Å². The van der Waals surface area contributed by atoms with Gasteiger partial charge in [-0.1, -0.05) is 54.6 Å². The normalized spacial score (nSPS) is 21.7. The number of rotatable bonds is 23. The van der Waals surface area contributed by atoms with Crippen molar-refractivity contribution < 1.29 is 45.5 Å². The third-order valence-corrected chi connectivity index (χ3v) is 15.7. The highest BCUT2D eigenvalue weighted by Gasteiger charge is 2.50. The summed E-state index contributed by atoms with van der Waals surface area (Å²) in [5.74, 6) is 1.12. The minimum atomic E-state index is -4.75. The van der Waals surface area contributed by atoms with Gasteiger partial charge in [0, 0.05) is 49.1 Å². The van der Waals surface area contributed by atoms with Crippen molar-refractivity contribution in [2.24, 2.45) is 0 Å². The van der Waals surface area contributed by atoms with Crippen LogP contribution in [0.2, 0.25) is 0 Å². The first-order valence-electron chi connectivity index (χ1n) is 23.5. The zero-order valence-electron chi connectivity index (χ0n) is 41.3. The first kappa shape index (κ1) is 54.9. The molecule has 0 amide bonds. The van der Waals surface area contributed by atoms with Crippen molar-refractivity contribution in [3.05, 3.63) is 161 Å². The van der Waals surface area contributed by atoms with Gasteiger partial charge >= 0.3 is 11.4 Å². The molecule has 2 fully saturated rings. The maximum Gasteiger partial charge on any atom is 0.330 e. The third kappa shape index (κ3) is 12.6. The summed E-state index contributed by atoms with van der Waals surface area (Å²) in [5.41, 5.74) is -2.48. The first-order valence-corrected chi connectivity index (χ1v) is 26.1. The van der Waals surface area contributed by atoms with Crippen LogP contribution in [0, 0.1) is 18.3 Å². The van der Waals surface area contributed by atoms with Gasteiger partial charge in [0.15, 0.2) is 12.4 Å². The highest BCUT2D eigenvalue weighted by atomic mass is 32.2. The molecular formula is C49H60FN8O13PS. The van der Waals surface area contributed by atoms with E-state index < -0.39 is 103 Å². The number of nitrogens with zero attached hydrogens (tertiary/aromatic N) is 4. The van der Waals surface area contributed by atoms with Gasteiger partial charge < -0.3 is 32.7 Å². The number of aryl methyl sites for hydroxylation is 1. The molecule has 7 rings (SSSR count). The van der Waals surface area contributed by atoms with E-state index in [9.17, 15) is 32.9 Å². The second kappa shape index (κ2) is 24.0. The summed E-state index contributed by atoms with van der Waals surface area (Å²) >= 11 is 0. The number of aromatic amines is 2. The number of nitrogens with one attached hydrogen (secondary N) is 4. The minimum absolute atomic E-state index is 0.000720. The molecule has 3 aromatic carbocycles. The van der Waals surface area contributed by atoms with Crippen molar-refractivity contribution in [1.82, 2.24) is 33.2 Å². The number of aromatic nitrogens is 4. The van der Waals surface area contributed by atoms with Gasteiger partial charge in [0.25, 0.3) is 29.9 Å². The second-order valence-electron chi connectivity index (χ2n) is 17.9. The maximum absolute atomic E-state index is 17.2. The molecule has 392 valence electrons. The molecular weight excluding hydrogens is 991 g/mol. The molecule has 8 atom stereocenters. The smallest absolute Gasteiger partial charge is 0.330 e. The van der Waals surface area contributed by atoms with E-state index in [1.165, 1.54) is 31.9 Å². The van der Waals surface area contributed by atoms with Crippen molar-refractivity contribution in [1.29, 1.82) is 5.26 Å². The van der Waals surface area contributed by atoms with Gasteiger partial charge in [-0.25, -0.2) is 18.6 Å². The van der Waals surface area contributed by atoms with Gasteiger partial charge in [-0.15, -0.1) is 0 Å². The van der Waals surface area contributed by atoms with Crippen LogP contribution in [-0.4, -0.2) is 109 Å². The predicted molar refractivity (Wildman–Crippen MR) is 267 cm³/mol. The fourth-order valence-corrected chi connectivity index (χ4v) is 11.8. The summed E-state index contributed by atoms with van der Waals surface area (Å²) in [6.45, 7) is 8.36. The molecule has 73 heavy (non-hydrogen) atoms. The van der Waals surface area contributed by atoms with Gasteiger partial charge in [-0.05, 0) is 75.6 Å². The van der Waals surface area contributed by atoms with Crippen LogP contribution in [0.4, 0.5) is 4.39 Å². The van der Waals surface area contributed by atoms with Crippen LogP contribution < -0.4 is 41.4 Å². The molecule has 2 aliphatic rings. The molecule has 4 N–H and O–H groups in total. The molecule has 0 spiro atoms. The lowest BCUT2D eigenvalue weighted by Gasteiger charge is -2.37. The Hall–Kier alpha value is -5.90. The Kier molecular flexibility index (Phi) is 18.0. The van der Waals surface area contributed by atoms with E-state index in [0.29, 0.717) is 28.2 Å². The molecule has 2 aromatic heterocycles. The average molecular weight is 1050 g/mol. The Balaban J connectivity index is 1.22. The molecule has 24 heteroatoms. The summed E-state index contributed by atoms with van der Waals surface area (Å²) in [7, 11) is -3.59. The molecule has 0 aliphatic carbocycles. The number of ether oxygens (including phenoxy) is 5. The zero-order chi connectivity index (χ0) is 52.6. The zero-order valence-corrected chi connectivity index (χ0v) is 43.0. The Morgan fingerprint density at radius 3 is 2.04 bits per heavy atom. The summed E-state index contributed by atoms with van der Waals surface area (Å²) in [6.07, 6.45) is -6.10. The number of benzene rings is 3. The average Bonchev–Trinajstić information content (AvgIpc) is 3.90. The van der Waals surface area contributed by atoms with Crippen LogP contribution in [-0.2, 0) is 39.1 Å².